The topological polar surface area (TPSA) is 52.0 Å². The van der Waals surface area contributed by atoms with Gasteiger partial charge in [-0.25, -0.2) is 24.3 Å². The molecule has 0 saturated carbocycles. The van der Waals surface area contributed by atoms with E-state index in [9.17, 15) is 0 Å². The quantitative estimate of drug-likeness (QED) is 0.0934. The molecular formula is C34H32FeN2P2. The summed E-state index contributed by atoms with van der Waals surface area (Å²) in [6, 6.07) is 60.5. The molecule has 196 valence electrons. The molecule has 0 atom stereocenters. The van der Waals surface area contributed by atoms with Crippen LogP contribution in [0.4, 0.5) is 0 Å². The summed E-state index contributed by atoms with van der Waals surface area (Å²) < 4.78 is 0. The molecule has 0 aliphatic carbocycles. The SMILES string of the molecule is NN.[Fe+2].c1ccc(P(c2ccccc2)c2ccc[cH-]2)cc1.c1ccc(P(c2ccccc2)c2ccc[cH-]2)cc1. The summed E-state index contributed by atoms with van der Waals surface area (Å²) in [5.41, 5.74) is 0. The minimum absolute atomic E-state index is 0. The van der Waals surface area contributed by atoms with Gasteiger partial charge in [0.2, 0.25) is 0 Å². The summed E-state index contributed by atoms with van der Waals surface area (Å²) >= 11 is 0. The Morgan fingerprint density at radius 1 is 0.359 bits per heavy atom. The van der Waals surface area contributed by atoms with Crippen LogP contribution in [-0.4, -0.2) is 0 Å². The van der Waals surface area contributed by atoms with Gasteiger partial charge in [-0.1, -0.05) is 121 Å². The molecule has 0 unspecified atom stereocenters. The molecular weight excluding hydrogens is 554 g/mol. The van der Waals surface area contributed by atoms with Crippen LogP contribution in [0.2, 0.25) is 0 Å². The minimum atomic E-state index is -0.409. The molecule has 0 aromatic heterocycles. The van der Waals surface area contributed by atoms with Crippen LogP contribution in [0.1, 0.15) is 0 Å². The van der Waals surface area contributed by atoms with E-state index in [-0.39, 0.29) is 17.1 Å². The maximum Gasteiger partial charge on any atom is 2.00 e. The molecule has 0 fully saturated rings. The molecule has 0 heterocycles. The Hall–Kier alpha value is -3.12. The first-order chi connectivity index (χ1) is 18.9. The molecule has 0 amide bonds. The van der Waals surface area contributed by atoms with Gasteiger partial charge in [0.15, 0.2) is 0 Å². The zero-order valence-corrected chi connectivity index (χ0v) is 24.5. The second-order valence-electron chi connectivity index (χ2n) is 8.30. The number of rotatable bonds is 6. The van der Waals surface area contributed by atoms with Crippen molar-refractivity contribution in [2.75, 3.05) is 0 Å². The van der Waals surface area contributed by atoms with E-state index in [1.54, 1.807) is 0 Å². The van der Waals surface area contributed by atoms with Gasteiger partial charge >= 0.3 is 17.1 Å². The van der Waals surface area contributed by atoms with Crippen molar-refractivity contribution in [1.82, 2.24) is 0 Å². The zero-order valence-electron chi connectivity index (χ0n) is 21.6. The molecule has 39 heavy (non-hydrogen) atoms. The third-order valence-electron chi connectivity index (χ3n) is 5.86. The normalized spacial score (nSPS) is 10.1. The second-order valence-corrected chi connectivity index (χ2v) is 12.7. The van der Waals surface area contributed by atoms with Crippen LogP contribution in [-0.2, 0) is 17.1 Å². The predicted molar refractivity (Wildman–Crippen MR) is 170 cm³/mol. The Morgan fingerprint density at radius 3 is 0.821 bits per heavy atom. The fraction of sp³-hybridized carbons (Fsp3) is 0. The van der Waals surface area contributed by atoms with Crippen LogP contribution in [0.25, 0.3) is 0 Å². The van der Waals surface area contributed by atoms with Crippen molar-refractivity contribution in [3.8, 4) is 0 Å². The average Bonchev–Trinajstić information content (AvgIpc) is 3.73. The van der Waals surface area contributed by atoms with E-state index in [2.05, 4.69) is 182 Å². The van der Waals surface area contributed by atoms with Crippen molar-refractivity contribution in [3.05, 3.63) is 170 Å². The van der Waals surface area contributed by atoms with Gasteiger partial charge in [0.25, 0.3) is 0 Å². The van der Waals surface area contributed by atoms with Crippen LogP contribution in [0.15, 0.2) is 170 Å². The number of hydrogen-bond donors (Lipinski definition) is 2. The molecule has 0 aliphatic rings. The predicted octanol–water partition coefficient (Wildman–Crippen LogP) is 5.14. The third kappa shape index (κ3) is 8.43. The number of hydrazine groups is 1. The van der Waals surface area contributed by atoms with Crippen LogP contribution in [0, 0.1) is 0 Å². The van der Waals surface area contributed by atoms with Crippen LogP contribution in [0.5, 0.6) is 0 Å². The summed E-state index contributed by atoms with van der Waals surface area (Å²) in [5, 5.41) is 8.47. The zero-order chi connectivity index (χ0) is 26.4. The maximum absolute atomic E-state index is 4.00. The Balaban J connectivity index is 0.000000198. The maximum atomic E-state index is 4.00. The van der Waals surface area contributed by atoms with E-state index >= 15 is 0 Å². The van der Waals surface area contributed by atoms with Crippen LogP contribution in [0.3, 0.4) is 0 Å². The number of nitrogens with two attached hydrogens (primary N) is 2. The Morgan fingerprint density at radius 2 is 0.615 bits per heavy atom. The van der Waals surface area contributed by atoms with E-state index in [0.717, 1.165) is 0 Å². The van der Waals surface area contributed by atoms with Gasteiger partial charge in [-0.15, -0.1) is 10.6 Å². The number of benzene rings is 4. The minimum Gasteiger partial charge on any atom is -0.274 e. The Labute approximate surface area is 245 Å². The van der Waals surface area contributed by atoms with Crippen molar-refractivity contribution in [1.29, 1.82) is 0 Å². The van der Waals surface area contributed by atoms with E-state index in [1.165, 1.54) is 31.8 Å². The molecule has 6 aromatic carbocycles. The molecule has 4 N–H and O–H groups in total. The van der Waals surface area contributed by atoms with Gasteiger partial charge in [-0.05, 0) is 37.1 Å². The van der Waals surface area contributed by atoms with Gasteiger partial charge in [-0.2, -0.15) is 24.3 Å². The summed E-state index contributed by atoms with van der Waals surface area (Å²) in [5.74, 6) is 8.00. The van der Waals surface area contributed by atoms with E-state index in [1.807, 2.05) is 0 Å². The Kier molecular flexibility index (Phi) is 13.1. The summed E-state index contributed by atoms with van der Waals surface area (Å²) in [7, 11) is -0.818. The van der Waals surface area contributed by atoms with Crippen molar-refractivity contribution in [2.24, 2.45) is 11.7 Å². The monoisotopic (exact) mass is 586 g/mol. The first-order valence-corrected chi connectivity index (χ1v) is 15.2. The Bertz CT molecular complexity index is 1220. The van der Waals surface area contributed by atoms with Crippen molar-refractivity contribution >= 4 is 47.7 Å². The average molecular weight is 586 g/mol. The summed E-state index contributed by atoms with van der Waals surface area (Å²) in [4.78, 5) is 0. The van der Waals surface area contributed by atoms with Gasteiger partial charge < -0.3 is 0 Å². The number of hydrogen-bond acceptors (Lipinski definition) is 2. The van der Waals surface area contributed by atoms with Crippen molar-refractivity contribution in [2.45, 2.75) is 0 Å². The third-order valence-corrected chi connectivity index (χ3v) is 10.8. The van der Waals surface area contributed by atoms with Crippen LogP contribution >= 0.6 is 15.8 Å². The smallest absolute Gasteiger partial charge is 0.274 e. The molecule has 5 heteroatoms. The standard InChI is InChI=1S/2C17H14P.Fe.H4N2/c2*1-3-9-15(10-4-1)18(17-13-7-8-14-17)16-11-5-2-6-12-16;;1-2/h2*1-14H;;1-2H2/q2*-1;+2;. The van der Waals surface area contributed by atoms with Gasteiger partial charge in [-0.3, -0.25) is 11.7 Å². The van der Waals surface area contributed by atoms with Crippen molar-refractivity contribution < 1.29 is 17.1 Å². The van der Waals surface area contributed by atoms with Crippen molar-refractivity contribution in [3.63, 3.8) is 0 Å². The molecule has 0 aliphatic heterocycles. The largest absolute Gasteiger partial charge is 2.00 e. The summed E-state index contributed by atoms with van der Waals surface area (Å²) in [6.45, 7) is 0. The molecule has 6 aromatic rings. The molecule has 2 nitrogen and oxygen atoms in total. The fourth-order valence-corrected chi connectivity index (χ4v) is 8.84. The summed E-state index contributed by atoms with van der Waals surface area (Å²) in [6.07, 6.45) is 0. The first-order valence-electron chi connectivity index (χ1n) is 12.5. The van der Waals surface area contributed by atoms with E-state index < -0.39 is 15.8 Å². The van der Waals surface area contributed by atoms with Gasteiger partial charge in [0, 0.05) is 0 Å². The van der Waals surface area contributed by atoms with E-state index in [4.69, 9.17) is 0 Å². The first kappa shape index (κ1) is 30.4. The molecule has 6 rings (SSSR count). The molecule has 0 spiro atoms. The fourth-order valence-electron chi connectivity index (χ4n) is 4.23. The molecule has 0 saturated heterocycles. The van der Waals surface area contributed by atoms with E-state index in [0.29, 0.717) is 0 Å². The second kappa shape index (κ2) is 16.8. The van der Waals surface area contributed by atoms with Crippen LogP contribution < -0.4 is 43.5 Å². The van der Waals surface area contributed by atoms with Gasteiger partial charge in [0.05, 0.1) is 0 Å². The van der Waals surface area contributed by atoms with Gasteiger partial charge in [0.1, 0.15) is 0 Å². The molecule has 0 radical (unpaired) electrons. The molecule has 0 bridgehead atoms.